The Morgan fingerprint density at radius 3 is 3.09 bits per heavy atom. The minimum absolute atomic E-state index is 0.245. The molecule has 1 aromatic heterocycles. The van der Waals surface area contributed by atoms with Gasteiger partial charge >= 0.3 is 0 Å². The van der Waals surface area contributed by atoms with Crippen molar-refractivity contribution in [3.63, 3.8) is 0 Å². The number of nitrogens with zero attached hydrogens (tertiary/aromatic N) is 2. The van der Waals surface area contributed by atoms with Crippen LogP contribution in [0.15, 0.2) is 36.7 Å². The first-order valence-electron chi connectivity index (χ1n) is 7.57. The highest BCUT2D eigenvalue weighted by molar-refractivity contribution is 7.80. The van der Waals surface area contributed by atoms with Gasteiger partial charge in [0.15, 0.2) is 5.11 Å². The van der Waals surface area contributed by atoms with Crippen molar-refractivity contribution in [2.24, 2.45) is 0 Å². The number of benzene rings is 1. The van der Waals surface area contributed by atoms with Crippen LogP contribution >= 0.6 is 12.2 Å². The molecule has 0 saturated carbocycles. The third-order valence-corrected chi connectivity index (χ3v) is 3.33. The van der Waals surface area contributed by atoms with E-state index in [0.717, 1.165) is 37.4 Å². The summed E-state index contributed by atoms with van der Waals surface area (Å²) in [4.78, 5) is 0. The SMILES string of the molecule is CCOCCCNC(=S)Nc1cnn(Cc2cccc(F)c2)c1. The first kappa shape index (κ1) is 17.4. The summed E-state index contributed by atoms with van der Waals surface area (Å²) in [6.07, 6.45) is 4.42. The van der Waals surface area contributed by atoms with Crippen molar-refractivity contribution in [1.82, 2.24) is 15.1 Å². The highest BCUT2D eigenvalue weighted by Gasteiger charge is 2.02. The molecule has 0 aliphatic rings. The lowest BCUT2D eigenvalue weighted by molar-refractivity contribution is 0.146. The lowest BCUT2D eigenvalue weighted by atomic mass is 10.2. The molecular formula is C16H21FN4OS. The quantitative estimate of drug-likeness (QED) is 0.573. The molecule has 23 heavy (non-hydrogen) atoms. The summed E-state index contributed by atoms with van der Waals surface area (Å²) in [6, 6.07) is 6.48. The number of halogens is 1. The van der Waals surface area contributed by atoms with Crippen molar-refractivity contribution in [3.05, 3.63) is 48.0 Å². The maximum atomic E-state index is 13.2. The predicted molar refractivity (Wildman–Crippen MR) is 93.1 cm³/mol. The van der Waals surface area contributed by atoms with Crippen LogP contribution in [0.3, 0.4) is 0 Å². The lowest BCUT2D eigenvalue weighted by Gasteiger charge is -2.08. The second-order valence-corrected chi connectivity index (χ2v) is 5.40. The van der Waals surface area contributed by atoms with Crippen molar-refractivity contribution < 1.29 is 9.13 Å². The number of anilines is 1. The summed E-state index contributed by atoms with van der Waals surface area (Å²) >= 11 is 5.22. The minimum atomic E-state index is -0.245. The number of thiocarbonyl (C=S) groups is 1. The number of aromatic nitrogens is 2. The molecule has 2 aromatic rings. The molecule has 0 aliphatic carbocycles. The minimum Gasteiger partial charge on any atom is -0.382 e. The fourth-order valence-electron chi connectivity index (χ4n) is 2.03. The van der Waals surface area contributed by atoms with Gasteiger partial charge in [0.2, 0.25) is 0 Å². The van der Waals surface area contributed by atoms with Gasteiger partial charge in [0.1, 0.15) is 5.82 Å². The van der Waals surface area contributed by atoms with Gasteiger partial charge in [-0.1, -0.05) is 12.1 Å². The molecule has 1 heterocycles. The van der Waals surface area contributed by atoms with Crippen molar-refractivity contribution in [2.45, 2.75) is 19.9 Å². The van der Waals surface area contributed by atoms with Crippen molar-refractivity contribution in [3.8, 4) is 0 Å². The average molecular weight is 336 g/mol. The number of ether oxygens (including phenoxy) is 1. The molecule has 2 N–H and O–H groups in total. The van der Waals surface area contributed by atoms with Gasteiger partial charge in [-0.15, -0.1) is 0 Å². The van der Waals surface area contributed by atoms with Gasteiger partial charge in [-0.2, -0.15) is 5.10 Å². The van der Waals surface area contributed by atoms with E-state index in [1.54, 1.807) is 16.9 Å². The molecule has 0 amide bonds. The molecule has 0 unspecified atom stereocenters. The second-order valence-electron chi connectivity index (χ2n) is 4.99. The van der Waals surface area contributed by atoms with Crippen LogP contribution in [0, 0.1) is 5.82 Å². The molecule has 0 bridgehead atoms. The van der Waals surface area contributed by atoms with Crippen molar-refractivity contribution >= 4 is 23.0 Å². The van der Waals surface area contributed by atoms with E-state index in [2.05, 4.69) is 15.7 Å². The molecule has 0 aliphatic heterocycles. The Balaban J connectivity index is 1.77. The van der Waals surface area contributed by atoms with Crippen molar-refractivity contribution in [2.75, 3.05) is 25.1 Å². The number of nitrogens with one attached hydrogen (secondary N) is 2. The van der Waals surface area contributed by atoms with Crippen LogP contribution in [0.5, 0.6) is 0 Å². The molecular weight excluding hydrogens is 315 g/mol. The zero-order valence-electron chi connectivity index (χ0n) is 13.1. The Hall–Kier alpha value is -1.99. The van der Waals surface area contributed by atoms with E-state index < -0.39 is 0 Å². The average Bonchev–Trinajstić information content (AvgIpc) is 2.94. The first-order valence-corrected chi connectivity index (χ1v) is 7.97. The zero-order valence-corrected chi connectivity index (χ0v) is 13.9. The third-order valence-electron chi connectivity index (χ3n) is 3.08. The van der Waals surface area contributed by atoms with E-state index in [1.165, 1.54) is 12.1 Å². The molecule has 0 saturated heterocycles. The fourth-order valence-corrected chi connectivity index (χ4v) is 2.25. The van der Waals surface area contributed by atoms with Crippen LogP contribution in [0.25, 0.3) is 0 Å². The predicted octanol–water partition coefficient (Wildman–Crippen LogP) is 2.78. The monoisotopic (exact) mass is 336 g/mol. The molecule has 2 rings (SSSR count). The Bertz CT molecular complexity index is 632. The summed E-state index contributed by atoms with van der Waals surface area (Å²) in [5.74, 6) is -0.245. The maximum absolute atomic E-state index is 13.2. The van der Waals surface area contributed by atoms with Gasteiger partial charge in [0, 0.05) is 26.0 Å². The van der Waals surface area contributed by atoms with Gasteiger partial charge in [-0.05, 0) is 43.3 Å². The van der Waals surface area contributed by atoms with Crippen LogP contribution in [-0.4, -0.2) is 34.7 Å². The van der Waals surface area contributed by atoms with Gasteiger partial charge in [-0.3, -0.25) is 4.68 Å². The first-order chi connectivity index (χ1) is 11.2. The van der Waals surface area contributed by atoms with Crippen LogP contribution in [-0.2, 0) is 11.3 Å². The van der Waals surface area contributed by atoms with Gasteiger partial charge in [-0.25, -0.2) is 4.39 Å². The topological polar surface area (TPSA) is 51.1 Å². The zero-order chi connectivity index (χ0) is 16.5. The standard InChI is InChI=1S/C16H21FN4OS/c1-2-22-8-4-7-18-16(23)20-15-10-19-21(12-15)11-13-5-3-6-14(17)9-13/h3,5-6,9-10,12H,2,4,7-8,11H2,1H3,(H2,18,20,23). The van der Waals surface area contributed by atoms with Crippen LogP contribution in [0.4, 0.5) is 10.1 Å². The van der Waals surface area contributed by atoms with E-state index in [-0.39, 0.29) is 5.82 Å². The highest BCUT2D eigenvalue weighted by atomic mass is 32.1. The summed E-state index contributed by atoms with van der Waals surface area (Å²) in [5.41, 5.74) is 1.65. The molecule has 0 spiro atoms. The fraction of sp³-hybridized carbons (Fsp3) is 0.375. The second kappa shape index (κ2) is 9.22. The van der Waals surface area contributed by atoms with Crippen molar-refractivity contribution in [1.29, 1.82) is 0 Å². The van der Waals surface area contributed by atoms with Crippen LogP contribution in [0.1, 0.15) is 18.9 Å². The number of hydrogen-bond acceptors (Lipinski definition) is 3. The highest BCUT2D eigenvalue weighted by Crippen LogP contribution is 2.09. The molecule has 0 fully saturated rings. The van der Waals surface area contributed by atoms with Gasteiger partial charge in [0.25, 0.3) is 0 Å². The lowest BCUT2D eigenvalue weighted by Crippen LogP contribution is -2.29. The van der Waals surface area contributed by atoms with Crippen LogP contribution < -0.4 is 10.6 Å². The Labute approximate surface area is 140 Å². The van der Waals surface area contributed by atoms with E-state index in [9.17, 15) is 4.39 Å². The van der Waals surface area contributed by atoms with Gasteiger partial charge < -0.3 is 15.4 Å². The number of hydrogen-bond donors (Lipinski definition) is 2. The van der Waals surface area contributed by atoms with E-state index in [0.29, 0.717) is 11.7 Å². The Kier molecular flexibility index (Phi) is 6.96. The van der Waals surface area contributed by atoms with E-state index >= 15 is 0 Å². The summed E-state index contributed by atoms with van der Waals surface area (Å²) in [7, 11) is 0. The van der Waals surface area contributed by atoms with E-state index in [4.69, 9.17) is 17.0 Å². The number of rotatable bonds is 8. The third kappa shape index (κ3) is 6.33. The molecule has 0 radical (unpaired) electrons. The summed E-state index contributed by atoms with van der Waals surface area (Å²) < 4.78 is 20.2. The smallest absolute Gasteiger partial charge is 0.170 e. The molecule has 0 atom stereocenters. The normalized spacial score (nSPS) is 10.5. The molecule has 5 nitrogen and oxygen atoms in total. The largest absolute Gasteiger partial charge is 0.382 e. The summed E-state index contributed by atoms with van der Waals surface area (Å²) in [6.45, 7) is 4.68. The van der Waals surface area contributed by atoms with E-state index in [1.807, 2.05) is 19.2 Å². The molecule has 7 heteroatoms. The molecule has 124 valence electrons. The van der Waals surface area contributed by atoms with Gasteiger partial charge in [0.05, 0.1) is 18.4 Å². The molecule has 1 aromatic carbocycles. The summed E-state index contributed by atoms with van der Waals surface area (Å²) in [5, 5.41) is 11.0. The Morgan fingerprint density at radius 2 is 2.30 bits per heavy atom. The Morgan fingerprint density at radius 1 is 1.43 bits per heavy atom. The maximum Gasteiger partial charge on any atom is 0.170 e. The van der Waals surface area contributed by atoms with Crippen LogP contribution in [0.2, 0.25) is 0 Å².